The molecule has 18 heavy (non-hydrogen) atoms. The van der Waals surface area contributed by atoms with Crippen LogP contribution in [0.1, 0.15) is 26.2 Å². The summed E-state index contributed by atoms with van der Waals surface area (Å²) in [5.74, 6) is 1.41. The standard InChI is InChI=1S/C14H20N2O2/c1-10(8-11-2-3-11)16-14(17)9-18-13-6-4-12(15)5-7-13/h4-7,10-11H,2-3,8-9,15H2,1H3,(H,16,17). The monoisotopic (exact) mass is 248 g/mol. The Morgan fingerprint density at radius 2 is 2.11 bits per heavy atom. The van der Waals surface area contributed by atoms with E-state index in [1.165, 1.54) is 12.8 Å². The fourth-order valence-corrected chi connectivity index (χ4v) is 1.94. The van der Waals surface area contributed by atoms with Gasteiger partial charge in [0.2, 0.25) is 0 Å². The van der Waals surface area contributed by atoms with Crippen LogP contribution in [0.3, 0.4) is 0 Å². The van der Waals surface area contributed by atoms with Gasteiger partial charge in [0.1, 0.15) is 5.75 Å². The molecule has 0 saturated heterocycles. The van der Waals surface area contributed by atoms with E-state index < -0.39 is 0 Å². The molecule has 1 saturated carbocycles. The maximum absolute atomic E-state index is 11.6. The summed E-state index contributed by atoms with van der Waals surface area (Å²) >= 11 is 0. The van der Waals surface area contributed by atoms with Crippen LogP contribution in [0.15, 0.2) is 24.3 Å². The summed E-state index contributed by atoms with van der Waals surface area (Å²) in [6.07, 6.45) is 3.69. The highest BCUT2D eigenvalue weighted by Gasteiger charge is 2.24. The number of hydrogen-bond acceptors (Lipinski definition) is 3. The Morgan fingerprint density at radius 1 is 1.44 bits per heavy atom. The molecule has 0 aliphatic heterocycles. The number of carbonyl (C=O) groups is 1. The number of ether oxygens (including phenoxy) is 1. The lowest BCUT2D eigenvalue weighted by molar-refractivity contribution is -0.123. The van der Waals surface area contributed by atoms with E-state index in [1.54, 1.807) is 24.3 Å². The summed E-state index contributed by atoms with van der Waals surface area (Å²) in [6.45, 7) is 2.10. The lowest BCUT2D eigenvalue weighted by Crippen LogP contribution is -2.36. The molecule has 4 nitrogen and oxygen atoms in total. The Labute approximate surface area is 108 Å². The molecule has 98 valence electrons. The molecule has 1 aliphatic carbocycles. The van der Waals surface area contributed by atoms with Gasteiger partial charge in [-0.15, -0.1) is 0 Å². The molecule has 2 rings (SSSR count). The Bertz CT molecular complexity index is 399. The Kier molecular flexibility index (Phi) is 4.07. The lowest BCUT2D eigenvalue weighted by Gasteiger charge is -2.13. The third kappa shape index (κ3) is 4.28. The van der Waals surface area contributed by atoms with Gasteiger partial charge in [-0.2, -0.15) is 0 Å². The van der Waals surface area contributed by atoms with Crippen LogP contribution in [0, 0.1) is 5.92 Å². The van der Waals surface area contributed by atoms with Crippen LogP contribution in [0.25, 0.3) is 0 Å². The van der Waals surface area contributed by atoms with Crippen molar-refractivity contribution in [3.63, 3.8) is 0 Å². The van der Waals surface area contributed by atoms with Crippen LogP contribution in [0.5, 0.6) is 5.75 Å². The van der Waals surface area contributed by atoms with Gasteiger partial charge < -0.3 is 15.8 Å². The number of anilines is 1. The van der Waals surface area contributed by atoms with Crippen LogP contribution < -0.4 is 15.8 Å². The van der Waals surface area contributed by atoms with E-state index in [9.17, 15) is 4.79 Å². The second kappa shape index (κ2) is 5.76. The quantitative estimate of drug-likeness (QED) is 0.756. The SMILES string of the molecule is CC(CC1CC1)NC(=O)COc1ccc(N)cc1. The molecular weight excluding hydrogens is 228 g/mol. The van der Waals surface area contributed by atoms with Crippen molar-refractivity contribution in [2.24, 2.45) is 5.92 Å². The average molecular weight is 248 g/mol. The minimum absolute atomic E-state index is 0.0545. The van der Waals surface area contributed by atoms with Gasteiger partial charge in [-0.1, -0.05) is 12.8 Å². The first-order valence-electron chi connectivity index (χ1n) is 6.41. The lowest BCUT2D eigenvalue weighted by atomic mass is 10.1. The molecule has 0 spiro atoms. The maximum Gasteiger partial charge on any atom is 0.258 e. The van der Waals surface area contributed by atoms with Gasteiger partial charge in [0.25, 0.3) is 5.91 Å². The van der Waals surface area contributed by atoms with E-state index in [1.807, 2.05) is 6.92 Å². The van der Waals surface area contributed by atoms with E-state index in [-0.39, 0.29) is 18.6 Å². The highest BCUT2D eigenvalue weighted by molar-refractivity contribution is 5.77. The Morgan fingerprint density at radius 3 is 2.72 bits per heavy atom. The van der Waals surface area contributed by atoms with Crippen molar-refractivity contribution in [1.82, 2.24) is 5.32 Å². The van der Waals surface area contributed by atoms with E-state index >= 15 is 0 Å². The number of nitrogens with two attached hydrogens (primary N) is 1. The van der Waals surface area contributed by atoms with Gasteiger partial charge in [0.15, 0.2) is 6.61 Å². The van der Waals surface area contributed by atoms with Crippen LogP contribution in [0.4, 0.5) is 5.69 Å². The summed E-state index contributed by atoms with van der Waals surface area (Å²) in [4.78, 5) is 11.6. The molecule has 0 bridgehead atoms. The first kappa shape index (κ1) is 12.7. The second-order valence-electron chi connectivity index (χ2n) is 5.01. The fraction of sp³-hybridized carbons (Fsp3) is 0.500. The van der Waals surface area contributed by atoms with Gasteiger partial charge in [-0.3, -0.25) is 4.79 Å². The van der Waals surface area contributed by atoms with Gasteiger partial charge >= 0.3 is 0 Å². The van der Waals surface area contributed by atoms with E-state index in [0.717, 1.165) is 12.3 Å². The summed E-state index contributed by atoms with van der Waals surface area (Å²) in [6, 6.07) is 7.26. The molecule has 1 aromatic carbocycles. The topological polar surface area (TPSA) is 64.3 Å². The van der Waals surface area contributed by atoms with Gasteiger partial charge in [-0.05, 0) is 43.5 Å². The number of nitrogens with one attached hydrogen (secondary N) is 1. The fourth-order valence-electron chi connectivity index (χ4n) is 1.94. The van der Waals surface area contributed by atoms with Crippen LogP contribution >= 0.6 is 0 Å². The van der Waals surface area contributed by atoms with E-state index in [0.29, 0.717) is 11.4 Å². The summed E-state index contributed by atoms with van der Waals surface area (Å²) in [5.41, 5.74) is 6.25. The van der Waals surface area contributed by atoms with Gasteiger partial charge in [-0.25, -0.2) is 0 Å². The molecule has 1 aliphatic rings. The number of rotatable bonds is 6. The van der Waals surface area contributed by atoms with Gasteiger partial charge in [0.05, 0.1) is 0 Å². The van der Waals surface area contributed by atoms with Crippen LogP contribution in [0.2, 0.25) is 0 Å². The molecule has 0 radical (unpaired) electrons. The molecule has 3 N–H and O–H groups in total. The minimum atomic E-state index is -0.0695. The molecule has 1 amide bonds. The van der Waals surface area contributed by atoms with E-state index in [2.05, 4.69) is 5.32 Å². The predicted octanol–water partition coefficient (Wildman–Crippen LogP) is 1.95. The molecule has 1 aromatic rings. The smallest absolute Gasteiger partial charge is 0.258 e. The number of hydrogen-bond donors (Lipinski definition) is 2. The van der Waals surface area contributed by atoms with Crippen molar-refractivity contribution in [1.29, 1.82) is 0 Å². The van der Waals surface area contributed by atoms with Crippen molar-refractivity contribution < 1.29 is 9.53 Å². The number of benzene rings is 1. The maximum atomic E-state index is 11.6. The zero-order valence-corrected chi connectivity index (χ0v) is 10.7. The second-order valence-corrected chi connectivity index (χ2v) is 5.01. The van der Waals surface area contributed by atoms with Crippen molar-refractivity contribution in [3.05, 3.63) is 24.3 Å². The summed E-state index contributed by atoms with van der Waals surface area (Å²) < 4.78 is 5.38. The number of carbonyl (C=O) groups excluding carboxylic acids is 1. The Hall–Kier alpha value is -1.71. The number of amides is 1. The molecular formula is C14H20N2O2. The highest BCUT2D eigenvalue weighted by atomic mass is 16.5. The summed E-state index contributed by atoms with van der Waals surface area (Å²) in [7, 11) is 0. The van der Waals surface area contributed by atoms with Crippen molar-refractivity contribution in [3.8, 4) is 5.75 Å². The zero-order chi connectivity index (χ0) is 13.0. The summed E-state index contributed by atoms with van der Waals surface area (Å²) in [5, 5.41) is 2.94. The third-order valence-electron chi connectivity index (χ3n) is 3.04. The molecule has 1 atom stereocenters. The molecule has 0 aromatic heterocycles. The van der Waals surface area contributed by atoms with Crippen LogP contribution in [-0.4, -0.2) is 18.6 Å². The first-order valence-corrected chi connectivity index (χ1v) is 6.41. The van der Waals surface area contributed by atoms with Gasteiger partial charge in [0, 0.05) is 11.7 Å². The molecule has 1 fully saturated rings. The highest BCUT2D eigenvalue weighted by Crippen LogP contribution is 2.33. The van der Waals surface area contributed by atoms with Crippen molar-refractivity contribution in [2.75, 3.05) is 12.3 Å². The minimum Gasteiger partial charge on any atom is -0.484 e. The average Bonchev–Trinajstić information content (AvgIpc) is 3.12. The first-order chi connectivity index (χ1) is 8.63. The Balaban J connectivity index is 1.68. The number of nitrogen functional groups attached to an aromatic ring is 1. The largest absolute Gasteiger partial charge is 0.484 e. The molecule has 1 unspecified atom stereocenters. The zero-order valence-electron chi connectivity index (χ0n) is 10.7. The van der Waals surface area contributed by atoms with Crippen LogP contribution in [-0.2, 0) is 4.79 Å². The predicted molar refractivity (Wildman–Crippen MR) is 71.3 cm³/mol. The molecule has 0 heterocycles. The normalized spacial score (nSPS) is 16.1. The van der Waals surface area contributed by atoms with E-state index in [4.69, 9.17) is 10.5 Å². The van der Waals surface area contributed by atoms with Crippen molar-refractivity contribution in [2.45, 2.75) is 32.2 Å². The molecule has 4 heteroatoms. The third-order valence-corrected chi connectivity index (χ3v) is 3.04. The van der Waals surface area contributed by atoms with Crippen molar-refractivity contribution >= 4 is 11.6 Å².